The van der Waals surface area contributed by atoms with Gasteiger partial charge in [0, 0.05) is 6.20 Å². The van der Waals surface area contributed by atoms with Crippen LogP contribution in [0.3, 0.4) is 0 Å². The second-order valence-corrected chi connectivity index (χ2v) is 7.20. The van der Waals surface area contributed by atoms with Crippen molar-refractivity contribution in [2.75, 3.05) is 0 Å². The number of para-hydroxylation sites is 1. The number of aromatic nitrogens is 2. The van der Waals surface area contributed by atoms with Crippen LogP contribution in [0.15, 0.2) is 71.8 Å². The number of rotatable bonds is 5. The zero-order valence-corrected chi connectivity index (χ0v) is 14.1. The number of benzene rings is 2. The van der Waals surface area contributed by atoms with Crippen molar-refractivity contribution in [3.05, 3.63) is 78.1 Å². The Morgan fingerprint density at radius 3 is 2.42 bits per heavy atom. The second kappa shape index (κ2) is 6.93. The molecule has 0 amide bonds. The number of hydrogen-bond donors (Lipinski definition) is 1. The van der Waals surface area contributed by atoms with Gasteiger partial charge in [-0.1, -0.05) is 24.3 Å². The van der Waals surface area contributed by atoms with E-state index < -0.39 is 26.7 Å². The summed E-state index contributed by atoms with van der Waals surface area (Å²) in [6.07, 6.45) is -2.94. The molecule has 1 heterocycles. The molecule has 5 nitrogen and oxygen atoms in total. The monoisotopic (exact) mass is 381 g/mol. The van der Waals surface area contributed by atoms with Crippen LogP contribution < -0.4 is 4.72 Å². The van der Waals surface area contributed by atoms with Crippen LogP contribution in [-0.4, -0.2) is 18.2 Å². The molecule has 1 aromatic heterocycles. The van der Waals surface area contributed by atoms with Gasteiger partial charge in [0.15, 0.2) is 0 Å². The van der Waals surface area contributed by atoms with Crippen LogP contribution in [0.5, 0.6) is 0 Å². The van der Waals surface area contributed by atoms with E-state index in [1.54, 1.807) is 16.9 Å². The van der Waals surface area contributed by atoms with Gasteiger partial charge in [-0.15, -0.1) is 0 Å². The van der Waals surface area contributed by atoms with Gasteiger partial charge in [-0.25, -0.2) is 17.8 Å². The Kier molecular flexibility index (Phi) is 4.84. The summed E-state index contributed by atoms with van der Waals surface area (Å²) in [5, 5.41) is 4.24. The highest BCUT2D eigenvalue weighted by Crippen LogP contribution is 2.30. The summed E-state index contributed by atoms with van der Waals surface area (Å²) in [6, 6.07) is 14.4. The van der Waals surface area contributed by atoms with Gasteiger partial charge in [0.25, 0.3) is 0 Å². The Bertz CT molecular complexity index is 999. The average Bonchev–Trinajstić information content (AvgIpc) is 3.09. The van der Waals surface area contributed by atoms with Crippen molar-refractivity contribution in [1.82, 2.24) is 14.5 Å². The summed E-state index contributed by atoms with van der Waals surface area (Å²) >= 11 is 0. The topological polar surface area (TPSA) is 64.0 Å². The number of nitrogens with zero attached hydrogens (tertiary/aromatic N) is 2. The molecule has 0 aliphatic carbocycles. The Labute approximate surface area is 148 Å². The fraction of sp³-hybridized carbons (Fsp3) is 0.118. The smallest absolute Gasteiger partial charge is 0.241 e. The van der Waals surface area contributed by atoms with Crippen molar-refractivity contribution < 1.29 is 21.6 Å². The molecule has 0 aliphatic rings. The summed E-state index contributed by atoms with van der Waals surface area (Å²) in [5.41, 5.74) is 0.220. The maximum atomic E-state index is 12.7. The molecule has 3 aromatic rings. The molecule has 1 N–H and O–H groups in total. The molecule has 0 fully saturated rings. The van der Waals surface area contributed by atoms with Gasteiger partial charge in [0.2, 0.25) is 10.0 Å². The van der Waals surface area contributed by atoms with Crippen LogP contribution in [0.4, 0.5) is 13.2 Å². The lowest BCUT2D eigenvalue weighted by Gasteiger charge is -2.09. The molecular formula is C17H14F3N3O2S. The molecule has 0 unspecified atom stereocenters. The minimum Gasteiger partial charge on any atom is -0.241 e. The molecule has 0 aliphatic heterocycles. The first-order valence-corrected chi connectivity index (χ1v) is 9.01. The van der Waals surface area contributed by atoms with Crippen molar-refractivity contribution in [3.63, 3.8) is 0 Å². The van der Waals surface area contributed by atoms with E-state index in [0.29, 0.717) is 11.8 Å². The predicted octanol–water partition coefficient (Wildman–Crippen LogP) is 3.37. The van der Waals surface area contributed by atoms with Crippen LogP contribution in [-0.2, 0) is 22.7 Å². The molecule has 0 saturated carbocycles. The third kappa shape index (κ3) is 4.12. The lowest BCUT2D eigenvalue weighted by molar-refractivity contribution is -0.137. The Balaban J connectivity index is 1.74. The standard InChI is InChI=1S/C17H14F3N3O2S/c18-17(19,20)13-5-4-8-16(11-13)26(24,25)21-12-14-9-10-23(22-14)15-6-2-1-3-7-15/h1-11,21H,12H2. The zero-order valence-electron chi connectivity index (χ0n) is 13.3. The van der Waals surface area contributed by atoms with E-state index in [2.05, 4.69) is 9.82 Å². The van der Waals surface area contributed by atoms with Gasteiger partial charge in [0.1, 0.15) is 0 Å². The number of halogens is 3. The summed E-state index contributed by atoms with van der Waals surface area (Å²) in [4.78, 5) is -0.449. The van der Waals surface area contributed by atoms with E-state index in [4.69, 9.17) is 0 Å². The molecule has 0 bridgehead atoms. The molecule has 136 valence electrons. The number of nitrogens with one attached hydrogen (secondary N) is 1. The third-order valence-corrected chi connectivity index (χ3v) is 4.98. The van der Waals surface area contributed by atoms with E-state index in [9.17, 15) is 21.6 Å². The van der Waals surface area contributed by atoms with Gasteiger partial charge in [-0.3, -0.25) is 0 Å². The molecule has 2 aromatic carbocycles. The van der Waals surface area contributed by atoms with Crippen molar-refractivity contribution in [2.45, 2.75) is 17.6 Å². The third-order valence-electron chi connectivity index (χ3n) is 3.58. The molecule has 3 rings (SSSR count). The quantitative estimate of drug-likeness (QED) is 0.737. The highest BCUT2D eigenvalue weighted by molar-refractivity contribution is 7.89. The molecule has 0 radical (unpaired) electrons. The SMILES string of the molecule is O=S(=O)(NCc1ccn(-c2ccccc2)n1)c1cccc(C(F)(F)F)c1. The fourth-order valence-corrected chi connectivity index (χ4v) is 3.32. The first-order valence-electron chi connectivity index (χ1n) is 7.53. The van der Waals surface area contributed by atoms with E-state index >= 15 is 0 Å². The maximum absolute atomic E-state index is 12.7. The van der Waals surface area contributed by atoms with E-state index in [1.807, 2.05) is 30.3 Å². The van der Waals surface area contributed by atoms with Crippen molar-refractivity contribution in [1.29, 1.82) is 0 Å². The van der Waals surface area contributed by atoms with E-state index in [-0.39, 0.29) is 6.54 Å². The minimum absolute atomic E-state index is 0.140. The van der Waals surface area contributed by atoms with Crippen molar-refractivity contribution >= 4 is 10.0 Å². The largest absolute Gasteiger partial charge is 0.416 e. The molecular weight excluding hydrogens is 367 g/mol. The second-order valence-electron chi connectivity index (χ2n) is 5.44. The van der Waals surface area contributed by atoms with Crippen molar-refractivity contribution in [3.8, 4) is 5.69 Å². The average molecular weight is 381 g/mol. The lowest BCUT2D eigenvalue weighted by Crippen LogP contribution is -2.24. The predicted molar refractivity (Wildman–Crippen MR) is 89.0 cm³/mol. The lowest BCUT2D eigenvalue weighted by atomic mass is 10.2. The van der Waals surface area contributed by atoms with Gasteiger partial charge in [-0.2, -0.15) is 18.3 Å². The normalized spacial score (nSPS) is 12.3. The summed E-state index contributed by atoms with van der Waals surface area (Å²) in [7, 11) is -4.10. The molecule has 0 saturated heterocycles. The van der Waals surface area contributed by atoms with Gasteiger partial charge >= 0.3 is 6.18 Å². The Hall–Kier alpha value is -2.65. The first kappa shape index (κ1) is 18.2. The molecule has 0 atom stereocenters. The first-order chi connectivity index (χ1) is 12.3. The Morgan fingerprint density at radius 2 is 1.73 bits per heavy atom. The maximum Gasteiger partial charge on any atom is 0.416 e. The van der Waals surface area contributed by atoms with Crippen LogP contribution in [0.1, 0.15) is 11.3 Å². The number of hydrogen-bond acceptors (Lipinski definition) is 3. The fourth-order valence-electron chi connectivity index (χ4n) is 2.27. The van der Waals surface area contributed by atoms with Crippen LogP contribution >= 0.6 is 0 Å². The van der Waals surface area contributed by atoms with E-state index in [1.165, 1.54) is 0 Å². The van der Waals surface area contributed by atoms with E-state index in [0.717, 1.165) is 23.9 Å². The molecule has 0 spiro atoms. The van der Waals surface area contributed by atoms with Crippen LogP contribution in [0.25, 0.3) is 5.69 Å². The highest BCUT2D eigenvalue weighted by atomic mass is 32.2. The van der Waals surface area contributed by atoms with Crippen LogP contribution in [0.2, 0.25) is 0 Å². The minimum atomic E-state index is -4.61. The number of sulfonamides is 1. The van der Waals surface area contributed by atoms with Crippen molar-refractivity contribution in [2.24, 2.45) is 0 Å². The summed E-state index contributed by atoms with van der Waals surface area (Å²) in [5.74, 6) is 0. The van der Waals surface area contributed by atoms with Gasteiger partial charge < -0.3 is 0 Å². The summed E-state index contributed by atoms with van der Waals surface area (Å²) < 4.78 is 66.6. The Morgan fingerprint density at radius 1 is 1.00 bits per heavy atom. The highest BCUT2D eigenvalue weighted by Gasteiger charge is 2.31. The molecule has 9 heteroatoms. The van der Waals surface area contributed by atoms with Gasteiger partial charge in [-0.05, 0) is 36.4 Å². The zero-order chi connectivity index (χ0) is 18.8. The number of alkyl halides is 3. The molecule has 26 heavy (non-hydrogen) atoms. The van der Waals surface area contributed by atoms with Crippen LogP contribution in [0, 0.1) is 0 Å². The van der Waals surface area contributed by atoms with Gasteiger partial charge in [0.05, 0.1) is 28.4 Å². The summed E-state index contributed by atoms with van der Waals surface area (Å²) in [6.45, 7) is -0.140.